The molecule has 0 amide bonds. The zero-order chi connectivity index (χ0) is 6.69. The van der Waals surface area contributed by atoms with Crippen molar-refractivity contribution in [1.29, 1.82) is 0 Å². The largest absolute Gasteiger partial charge is 0.325 e. The minimum absolute atomic E-state index is 0.0969. The van der Waals surface area contributed by atoms with Gasteiger partial charge in [0.1, 0.15) is 5.69 Å². The molecule has 0 radical (unpaired) electrons. The highest BCUT2D eigenvalue weighted by atomic mass is 19.1. The van der Waals surface area contributed by atoms with Gasteiger partial charge in [-0.15, -0.1) is 0 Å². The molecule has 0 bridgehead atoms. The molecule has 0 fully saturated rings. The average molecular weight is 127 g/mol. The fraction of sp³-hybridized carbons (Fsp3) is 0.200. The third kappa shape index (κ3) is 1.20. The molecule has 9 heavy (non-hydrogen) atoms. The number of rotatable bonds is 1. The molecule has 0 aliphatic heterocycles. The van der Waals surface area contributed by atoms with Gasteiger partial charge >= 0.3 is 0 Å². The van der Waals surface area contributed by atoms with Gasteiger partial charge in [0.2, 0.25) is 5.95 Å². The van der Waals surface area contributed by atoms with Crippen LogP contribution in [-0.2, 0) is 6.54 Å². The number of hydrogen-bond acceptors (Lipinski definition) is 3. The van der Waals surface area contributed by atoms with Crippen LogP contribution in [0.1, 0.15) is 5.69 Å². The second kappa shape index (κ2) is 2.50. The van der Waals surface area contributed by atoms with E-state index in [0.717, 1.165) is 0 Å². The molecule has 1 rings (SSSR count). The van der Waals surface area contributed by atoms with Gasteiger partial charge in [-0.05, 0) is 0 Å². The second-order valence-electron chi connectivity index (χ2n) is 1.50. The minimum atomic E-state index is -0.583. The van der Waals surface area contributed by atoms with Crippen molar-refractivity contribution in [2.24, 2.45) is 5.73 Å². The maximum Gasteiger partial charge on any atom is 0.235 e. The van der Waals surface area contributed by atoms with Crippen molar-refractivity contribution < 1.29 is 4.39 Å². The standard InChI is InChI=1S/C5H6FN3/c6-5-4(3-7)8-1-2-9-5/h1-2H,3,7H2. The summed E-state index contributed by atoms with van der Waals surface area (Å²) >= 11 is 0. The number of halogens is 1. The van der Waals surface area contributed by atoms with Crippen molar-refractivity contribution in [2.45, 2.75) is 6.54 Å². The molecule has 0 aliphatic rings. The first-order valence-electron chi connectivity index (χ1n) is 2.50. The Labute approximate surface area is 51.7 Å². The van der Waals surface area contributed by atoms with Crippen LogP contribution in [-0.4, -0.2) is 9.97 Å². The number of nitrogens with two attached hydrogens (primary N) is 1. The smallest absolute Gasteiger partial charge is 0.235 e. The van der Waals surface area contributed by atoms with Crippen molar-refractivity contribution in [3.8, 4) is 0 Å². The molecule has 0 atom stereocenters. The lowest BCUT2D eigenvalue weighted by molar-refractivity contribution is 0.556. The summed E-state index contributed by atoms with van der Waals surface area (Å²) in [5, 5.41) is 0. The van der Waals surface area contributed by atoms with E-state index < -0.39 is 5.95 Å². The maximum absolute atomic E-state index is 12.3. The highest BCUT2D eigenvalue weighted by Crippen LogP contribution is 1.94. The van der Waals surface area contributed by atoms with Gasteiger partial charge in [-0.3, -0.25) is 4.98 Å². The molecule has 1 aromatic heterocycles. The summed E-state index contributed by atoms with van der Waals surface area (Å²) in [6.45, 7) is 0.0969. The first-order valence-corrected chi connectivity index (χ1v) is 2.50. The number of hydrogen-bond donors (Lipinski definition) is 1. The molecule has 0 aromatic carbocycles. The van der Waals surface area contributed by atoms with Crippen molar-refractivity contribution >= 4 is 0 Å². The van der Waals surface area contributed by atoms with Gasteiger partial charge in [0, 0.05) is 18.9 Å². The fourth-order valence-corrected chi connectivity index (χ4v) is 0.487. The lowest BCUT2D eigenvalue weighted by Crippen LogP contribution is -2.03. The normalized spacial score (nSPS) is 9.56. The van der Waals surface area contributed by atoms with Crippen LogP contribution in [0.2, 0.25) is 0 Å². The predicted molar refractivity (Wildman–Crippen MR) is 29.9 cm³/mol. The van der Waals surface area contributed by atoms with Crippen LogP contribution in [0.4, 0.5) is 4.39 Å². The van der Waals surface area contributed by atoms with Gasteiger partial charge in [0.15, 0.2) is 0 Å². The predicted octanol–water partition coefficient (Wildman–Crippen LogP) is 0.0744. The van der Waals surface area contributed by atoms with Crippen molar-refractivity contribution in [3.05, 3.63) is 24.0 Å². The summed E-state index contributed by atoms with van der Waals surface area (Å²) in [6, 6.07) is 0. The molecule has 1 aromatic rings. The zero-order valence-electron chi connectivity index (χ0n) is 4.71. The summed E-state index contributed by atoms with van der Waals surface area (Å²) in [5.41, 5.74) is 5.31. The Morgan fingerprint density at radius 2 is 2.11 bits per heavy atom. The Morgan fingerprint density at radius 1 is 1.44 bits per heavy atom. The summed E-state index contributed by atoms with van der Waals surface area (Å²) < 4.78 is 12.3. The van der Waals surface area contributed by atoms with E-state index in [2.05, 4.69) is 9.97 Å². The van der Waals surface area contributed by atoms with E-state index in [0.29, 0.717) is 0 Å². The minimum Gasteiger partial charge on any atom is -0.325 e. The summed E-state index contributed by atoms with van der Waals surface area (Å²) in [5.74, 6) is -0.583. The van der Waals surface area contributed by atoms with Crippen LogP contribution < -0.4 is 5.73 Å². The van der Waals surface area contributed by atoms with Crippen LogP contribution in [0.25, 0.3) is 0 Å². The van der Waals surface area contributed by atoms with E-state index in [4.69, 9.17) is 5.73 Å². The third-order valence-electron chi connectivity index (χ3n) is 0.916. The second-order valence-corrected chi connectivity index (χ2v) is 1.50. The summed E-state index contributed by atoms with van der Waals surface area (Å²) in [7, 11) is 0. The molecule has 4 heteroatoms. The Hall–Kier alpha value is -1.03. The van der Waals surface area contributed by atoms with Crippen LogP contribution in [0.3, 0.4) is 0 Å². The average Bonchev–Trinajstić information content (AvgIpc) is 1.89. The molecule has 0 saturated heterocycles. The van der Waals surface area contributed by atoms with E-state index in [1.165, 1.54) is 12.4 Å². The first-order chi connectivity index (χ1) is 4.34. The molecule has 0 saturated carbocycles. The molecule has 3 nitrogen and oxygen atoms in total. The third-order valence-corrected chi connectivity index (χ3v) is 0.916. The zero-order valence-corrected chi connectivity index (χ0v) is 4.71. The van der Waals surface area contributed by atoms with Crippen LogP contribution >= 0.6 is 0 Å². The number of aromatic nitrogens is 2. The fourth-order valence-electron chi connectivity index (χ4n) is 0.487. The Morgan fingerprint density at radius 3 is 2.56 bits per heavy atom. The van der Waals surface area contributed by atoms with Crippen LogP contribution in [0, 0.1) is 5.95 Å². The first kappa shape index (κ1) is 6.10. The SMILES string of the molecule is NCc1nccnc1F. The van der Waals surface area contributed by atoms with Crippen molar-refractivity contribution in [1.82, 2.24) is 9.97 Å². The number of nitrogens with zero attached hydrogens (tertiary/aromatic N) is 2. The van der Waals surface area contributed by atoms with Crippen molar-refractivity contribution in [2.75, 3.05) is 0 Å². The van der Waals surface area contributed by atoms with Gasteiger partial charge in [-0.25, -0.2) is 4.98 Å². The van der Waals surface area contributed by atoms with Crippen molar-refractivity contribution in [3.63, 3.8) is 0 Å². The van der Waals surface area contributed by atoms with Gasteiger partial charge in [-0.1, -0.05) is 0 Å². The highest BCUT2D eigenvalue weighted by molar-refractivity contribution is 4.96. The molecule has 0 unspecified atom stereocenters. The van der Waals surface area contributed by atoms with Gasteiger partial charge < -0.3 is 5.73 Å². The monoisotopic (exact) mass is 127 g/mol. The topological polar surface area (TPSA) is 51.8 Å². The van der Waals surface area contributed by atoms with E-state index in [1.54, 1.807) is 0 Å². The van der Waals surface area contributed by atoms with Crippen LogP contribution in [0.5, 0.6) is 0 Å². The van der Waals surface area contributed by atoms with Gasteiger partial charge in [0.05, 0.1) is 0 Å². The molecular formula is C5H6FN3. The Balaban J connectivity index is 3.01. The Kier molecular flexibility index (Phi) is 1.69. The van der Waals surface area contributed by atoms with Gasteiger partial charge in [-0.2, -0.15) is 4.39 Å². The molecule has 2 N–H and O–H groups in total. The van der Waals surface area contributed by atoms with Crippen LogP contribution in [0.15, 0.2) is 12.4 Å². The molecule has 0 spiro atoms. The summed E-state index contributed by atoms with van der Waals surface area (Å²) in [6.07, 6.45) is 2.69. The lowest BCUT2D eigenvalue weighted by atomic mass is 10.4. The summed E-state index contributed by atoms with van der Waals surface area (Å²) in [4.78, 5) is 6.98. The van der Waals surface area contributed by atoms with E-state index in [1.807, 2.05) is 0 Å². The quantitative estimate of drug-likeness (QED) is 0.581. The lowest BCUT2D eigenvalue weighted by Gasteiger charge is -1.92. The van der Waals surface area contributed by atoms with E-state index in [-0.39, 0.29) is 12.2 Å². The van der Waals surface area contributed by atoms with E-state index >= 15 is 0 Å². The van der Waals surface area contributed by atoms with Gasteiger partial charge in [0.25, 0.3) is 0 Å². The Bertz CT molecular complexity index is 201. The molecule has 1 heterocycles. The molecule has 0 aliphatic carbocycles. The molecule has 48 valence electrons. The maximum atomic E-state index is 12.3. The van der Waals surface area contributed by atoms with E-state index in [9.17, 15) is 4.39 Å². The highest BCUT2D eigenvalue weighted by Gasteiger charge is 1.98. The molecular weight excluding hydrogens is 121 g/mol.